The summed E-state index contributed by atoms with van der Waals surface area (Å²) in [6.45, 7) is 4.51. The van der Waals surface area contributed by atoms with Crippen LogP contribution in [0.2, 0.25) is 0 Å². The summed E-state index contributed by atoms with van der Waals surface area (Å²) in [4.78, 5) is 17.9. The van der Waals surface area contributed by atoms with Gasteiger partial charge in [0.25, 0.3) is 5.56 Å². The molecule has 0 atom stereocenters. The van der Waals surface area contributed by atoms with Crippen LogP contribution in [-0.4, -0.2) is 29.6 Å². The van der Waals surface area contributed by atoms with E-state index in [-0.39, 0.29) is 5.56 Å². The molecule has 0 N–H and O–H groups in total. The highest BCUT2D eigenvalue weighted by Crippen LogP contribution is 2.42. The van der Waals surface area contributed by atoms with Crippen LogP contribution in [0.5, 0.6) is 11.5 Å². The Morgan fingerprint density at radius 2 is 1.94 bits per heavy atom. The van der Waals surface area contributed by atoms with Gasteiger partial charge in [0.2, 0.25) is 0 Å². The highest BCUT2D eigenvalue weighted by Gasteiger charge is 2.17. The van der Waals surface area contributed by atoms with Crippen molar-refractivity contribution in [1.29, 1.82) is 0 Å². The zero-order chi connectivity index (χ0) is 22.5. The van der Waals surface area contributed by atoms with Crippen molar-refractivity contribution in [2.24, 2.45) is 5.10 Å². The van der Waals surface area contributed by atoms with Gasteiger partial charge in [0.05, 0.1) is 35.3 Å². The zero-order valence-electron chi connectivity index (χ0n) is 17.4. The maximum absolute atomic E-state index is 13.2. The molecule has 2 aromatic carbocycles. The van der Waals surface area contributed by atoms with Crippen LogP contribution < -0.4 is 15.0 Å². The van der Waals surface area contributed by atoms with Crippen molar-refractivity contribution in [3.8, 4) is 11.5 Å². The monoisotopic (exact) mass is 613 g/mol. The predicted octanol–water partition coefficient (Wildman–Crippen LogP) is 6.32. The molecule has 0 unspecified atom stereocenters. The molecular formula is C22H22Br3N3O3. The Hall–Kier alpha value is -1.71. The SMILES string of the molecule is CCCCc1nc2ccc(Br)cc2c(=O)n1N=Cc1cc(OC)c(OCC)c(Br)c1Br. The molecule has 0 saturated carbocycles. The van der Waals surface area contributed by atoms with E-state index in [1.807, 2.05) is 25.1 Å². The molecule has 6 nitrogen and oxygen atoms in total. The molecule has 1 heterocycles. The number of halogens is 3. The largest absolute Gasteiger partial charge is 0.493 e. The van der Waals surface area contributed by atoms with Gasteiger partial charge in [-0.25, -0.2) is 4.98 Å². The molecule has 0 aliphatic rings. The summed E-state index contributed by atoms with van der Waals surface area (Å²) in [6, 6.07) is 7.31. The Bertz CT molecular complexity index is 1190. The molecule has 9 heteroatoms. The van der Waals surface area contributed by atoms with Gasteiger partial charge in [0.15, 0.2) is 11.5 Å². The lowest BCUT2D eigenvalue weighted by atomic mass is 10.2. The van der Waals surface area contributed by atoms with E-state index in [2.05, 4.69) is 59.8 Å². The Labute approximate surface area is 206 Å². The Morgan fingerprint density at radius 3 is 2.61 bits per heavy atom. The number of hydrogen-bond donors (Lipinski definition) is 0. The maximum Gasteiger partial charge on any atom is 0.282 e. The Kier molecular flexibility index (Phi) is 8.30. The summed E-state index contributed by atoms with van der Waals surface area (Å²) in [6.07, 6.45) is 4.19. The summed E-state index contributed by atoms with van der Waals surface area (Å²) >= 11 is 10.6. The zero-order valence-corrected chi connectivity index (χ0v) is 22.2. The number of methoxy groups -OCH3 is 1. The first-order valence-corrected chi connectivity index (χ1v) is 12.2. The Morgan fingerprint density at radius 1 is 1.16 bits per heavy atom. The molecular weight excluding hydrogens is 594 g/mol. The Balaban J connectivity index is 2.15. The van der Waals surface area contributed by atoms with Gasteiger partial charge < -0.3 is 9.47 Å². The molecule has 0 radical (unpaired) electrons. The normalized spacial score (nSPS) is 11.4. The van der Waals surface area contributed by atoms with E-state index in [9.17, 15) is 4.79 Å². The van der Waals surface area contributed by atoms with Gasteiger partial charge in [-0.3, -0.25) is 4.79 Å². The quantitative estimate of drug-likeness (QED) is 0.278. The second kappa shape index (κ2) is 10.7. The first-order chi connectivity index (χ1) is 14.9. The number of aromatic nitrogens is 2. The summed E-state index contributed by atoms with van der Waals surface area (Å²) in [5.41, 5.74) is 1.19. The average Bonchev–Trinajstić information content (AvgIpc) is 2.76. The molecule has 0 amide bonds. The van der Waals surface area contributed by atoms with E-state index >= 15 is 0 Å². The third-order valence-electron chi connectivity index (χ3n) is 4.61. The molecule has 0 aliphatic carbocycles. The van der Waals surface area contributed by atoms with Gasteiger partial charge in [0.1, 0.15) is 5.82 Å². The fourth-order valence-corrected chi connectivity index (χ4v) is 4.36. The van der Waals surface area contributed by atoms with Crippen molar-refractivity contribution in [2.45, 2.75) is 33.1 Å². The van der Waals surface area contributed by atoms with Crippen LogP contribution in [0.4, 0.5) is 0 Å². The van der Waals surface area contributed by atoms with E-state index in [0.717, 1.165) is 27.4 Å². The summed E-state index contributed by atoms with van der Waals surface area (Å²) in [7, 11) is 1.58. The fourth-order valence-electron chi connectivity index (χ4n) is 3.06. The number of ether oxygens (including phenoxy) is 2. The number of benzene rings is 2. The fraction of sp³-hybridized carbons (Fsp3) is 0.318. The lowest BCUT2D eigenvalue weighted by molar-refractivity contribution is 0.308. The first-order valence-electron chi connectivity index (χ1n) is 9.85. The van der Waals surface area contributed by atoms with Gasteiger partial charge in [-0.1, -0.05) is 29.3 Å². The van der Waals surface area contributed by atoms with E-state index in [4.69, 9.17) is 14.5 Å². The van der Waals surface area contributed by atoms with E-state index in [0.29, 0.717) is 45.7 Å². The van der Waals surface area contributed by atoms with Crippen LogP contribution in [0, 0.1) is 0 Å². The molecule has 0 spiro atoms. The highest BCUT2D eigenvalue weighted by molar-refractivity contribution is 9.13. The number of fused-ring (bicyclic) bond motifs is 1. The van der Waals surface area contributed by atoms with E-state index < -0.39 is 0 Å². The van der Waals surface area contributed by atoms with Crippen molar-refractivity contribution in [2.75, 3.05) is 13.7 Å². The van der Waals surface area contributed by atoms with Crippen molar-refractivity contribution < 1.29 is 9.47 Å². The third kappa shape index (κ3) is 5.21. The molecule has 164 valence electrons. The second-order valence-electron chi connectivity index (χ2n) is 6.71. The van der Waals surface area contributed by atoms with Crippen LogP contribution >= 0.6 is 47.8 Å². The van der Waals surface area contributed by atoms with Crippen molar-refractivity contribution in [3.05, 3.63) is 59.4 Å². The van der Waals surface area contributed by atoms with Crippen LogP contribution in [0.3, 0.4) is 0 Å². The second-order valence-corrected chi connectivity index (χ2v) is 9.21. The van der Waals surface area contributed by atoms with Crippen molar-refractivity contribution in [1.82, 2.24) is 9.66 Å². The van der Waals surface area contributed by atoms with E-state index in [1.165, 1.54) is 4.68 Å². The number of rotatable bonds is 8. The third-order valence-corrected chi connectivity index (χ3v) is 7.24. The standard InChI is InChI=1S/C22H22Br3N3O3/c1-4-6-7-18-27-16-9-8-14(23)11-15(16)22(29)28(18)26-12-13-10-17(30-3)21(31-5-2)20(25)19(13)24/h8-12H,4-7H2,1-3H3. The smallest absolute Gasteiger partial charge is 0.282 e. The minimum Gasteiger partial charge on any atom is -0.493 e. The van der Waals surface area contributed by atoms with E-state index in [1.54, 1.807) is 19.4 Å². The molecule has 1 aromatic heterocycles. The minimum absolute atomic E-state index is 0.207. The topological polar surface area (TPSA) is 65.7 Å². The first kappa shape index (κ1) is 23.9. The number of unbranched alkanes of at least 4 members (excludes halogenated alkanes) is 1. The van der Waals surface area contributed by atoms with Crippen molar-refractivity contribution >= 4 is 64.9 Å². The van der Waals surface area contributed by atoms with Crippen LogP contribution in [-0.2, 0) is 6.42 Å². The van der Waals surface area contributed by atoms with Crippen molar-refractivity contribution in [3.63, 3.8) is 0 Å². The molecule has 31 heavy (non-hydrogen) atoms. The molecule has 0 saturated heterocycles. The molecule has 0 fully saturated rings. The molecule has 3 aromatic rings. The molecule has 0 bridgehead atoms. The number of nitrogens with zero attached hydrogens (tertiary/aromatic N) is 3. The van der Waals surface area contributed by atoms with Crippen LogP contribution in [0.1, 0.15) is 38.1 Å². The summed E-state index contributed by atoms with van der Waals surface area (Å²) < 4.78 is 14.8. The predicted molar refractivity (Wildman–Crippen MR) is 135 cm³/mol. The summed E-state index contributed by atoms with van der Waals surface area (Å²) in [5, 5.41) is 5.03. The average molecular weight is 616 g/mol. The van der Waals surface area contributed by atoms with Gasteiger partial charge in [0, 0.05) is 20.9 Å². The molecule has 0 aliphatic heterocycles. The van der Waals surface area contributed by atoms with Crippen LogP contribution in [0.15, 0.2) is 47.6 Å². The van der Waals surface area contributed by atoms with Gasteiger partial charge in [-0.2, -0.15) is 9.78 Å². The van der Waals surface area contributed by atoms with Crippen LogP contribution in [0.25, 0.3) is 10.9 Å². The van der Waals surface area contributed by atoms with Gasteiger partial charge in [-0.15, -0.1) is 0 Å². The van der Waals surface area contributed by atoms with Gasteiger partial charge in [-0.05, 0) is 69.5 Å². The lowest BCUT2D eigenvalue weighted by Gasteiger charge is -2.14. The minimum atomic E-state index is -0.207. The maximum atomic E-state index is 13.2. The van der Waals surface area contributed by atoms with Gasteiger partial charge >= 0.3 is 0 Å². The lowest BCUT2D eigenvalue weighted by Crippen LogP contribution is -2.22. The number of hydrogen-bond acceptors (Lipinski definition) is 5. The highest BCUT2D eigenvalue weighted by atomic mass is 79.9. The number of aryl methyl sites for hydroxylation is 1. The molecule has 3 rings (SSSR count). The summed E-state index contributed by atoms with van der Waals surface area (Å²) in [5.74, 6) is 1.80.